The first kappa shape index (κ1) is 54.7. The molecule has 6 nitrogen and oxygen atoms in total. The van der Waals surface area contributed by atoms with Gasteiger partial charge in [-0.3, -0.25) is 0 Å². The molecule has 0 aliphatic carbocycles. The van der Waals surface area contributed by atoms with Crippen molar-refractivity contribution in [2.24, 2.45) is 0 Å². The fourth-order valence-corrected chi connectivity index (χ4v) is 1.30. The molecule has 0 aromatic heterocycles. The third kappa shape index (κ3) is 53.3. The summed E-state index contributed by atoms with van der Waals surface area (Å²) < 4.78 is 28.1. The molecule has 6 heteroatoms. The van der Waals surface area contributed by atoms with E-state index in [0.717, 1.165) is 31.1 Å². The van der Waals surface area contributed by atoms with E-state index in [0.29, 0.717) is 18.8 Å². The maximum Gasteiger partial charge on any atom is 0.118 e. The molecule has 2 saturated heterocycles. The Bertz CT molecular complexity index is 495. The minimum Gasteiger partial charge on any atom is -0.505 e. The summed E-state index contributed by atoms with van der Waals surface area (Å²) >= 11 is 0. The average molecular weight is 521 g/mol. The third-order valence-corrected chi connectivity index (χ3v) is 3.06. The van der Waals surface area contributed by atoms with Crippen LogP contribution in [0.2, 0.25) is 0 Å². The van der Waals surface area contributed by atoms with Gasteiger partial charge >= 0.3 is 0 Å². The molecule has 0 bridgehead atoms. The average Bonchev–Trinajstić information content (AvgIpc) is 3.76. The summed E-state index contributed by atoms with van der Waals surface area (Å²) in [5.74, 6) is 0.880. The van der Waals surface area contributed by atoms with Gasteiger partial charge in [0.25, 0.3) is 0 Å². The van der Waals surface area contributed by atoms with Crippen molar-refractivity contribution in [2.75, 3.05) is 54.9 Å². The molecular weight excluding hydrogens is 456 g/mol. The molecular formula is C30H64O6. The number of epoxide rings is 2. The maximum atomic E-state index is 4.98. The van der Waals surface area contributed by atoms with Crippen molar-refractivity contribution in [3.63, 3.8) is 0 Å². The van der Waals surface area contributed by atoms with Gasteiger partial charge < -0.3 is 28.4 Å². The summed E-state index contributed by atoms with van der Waals surface area (Å²) in [7, 11) is 6.54. The lowest BCUT2D eigenvalue weighted by Gasteiger charge is -1.97. The second kappa shape index (κ2) is 46.2. The molecule has 2 heterocycles. The van der Waals surface area contributed by atoms with Crippen LogP contribution in [0.15, 0.2) is 56.3 Å². The van der Waals surface area contributed by atoms with Gasteiger partial charge in [-0.1, -0.05) is 88.4 Å². The van der Waals surface area contributed by atoms with Crippen LogP contribution in [0, 0.1) is 0 Å². The van der Waals surface area contributed by atoms with Crippen LogP contribution in [-0.4, -0.2) is 67.1 Å². The summed E-state index contributed by atoms with van der Waals surface area (Å²) in [6.07, 6.45) is 5.90. The van der Waals surface area contributed by atoms with Gasteiger partial charge in [0.2, 0.25) is 0 Å². The molecule has 2 aliphatic rings. The normalized spacial score (nSPS) is 13.8. The summed E-state index contributed by atoms with van der Waals surface area (Å²) in [5, 5.41) is 0. The van der Waals surface area contributed by atoms with E-state index >= 15 is 0 Å². The molecule has 3 rings (SSSR count). The zero-order chi connectivity index (χ0) is 24.3. The van der Waals surface area contributed by atoms with Crippen LogP contribution in [0.1, 0.15) is 63.5 Å². The number of hydrogen-bond acceptors (Lipinski definition) is 6. The van der Waals surface area contributed by atoms with Crippen LogP contribution in [-0.2, 0) is 23.7 Å². The van der Waals surface area contributed by atoms with Gasteiger partial charge in [0.1, 0.15) is 11.9 Å². The Balaban J connectivity index is -0.0000000449. The van der Waals surface area contributed by atoms with Crippen LogP contribution >= 0.6 is 0 Å². The van der Waals surface area contributed by atoms with Gasteiger partial charge in [0, 0.05) is 14.2 Å². The summed E-state index contributed by atoms with van der Waals surface area (Å²) in [5.41, 5.74) is 1.11. The van der Waals surface area contributed by atoms with E-state index in [9.17, 15) is 0 Å². The topological polar surface area (TPSA) is 62.0 Å². The van der Waals surface area contributed by atoms with E-state index in [1.54, 1.807) is 40.6 Å². The van der Waals surface area contributed by atoms with Crippen LogP contribution < -0.4 is 4.74 Å². The van der Waals surface area contributed by atoms with Gasteiger partial charge in [0.05, 0.1) is 53.0 Å². The Morgan fingerprint density at radius 1 is 0.833 bits per heavy atom. The maximum absolute atomic E-state index is 4.98. The lowest BCUT2D eigenvalue weighted by atomic mass is 10.2. The number of ether oxygens (including phenoxy) is 6. The predicted molar refractivity (Wildman–Crippen MR) is 164 cm³/mol. The first-order chi connectivity index (χ1) is 15.0. The number of methoxy groups -OCH3 is 4. The Hall–Kier alpha value is -2.12. The molecule has 2 fully saturated rings. The molecule has 1 aromatic carbocycles. The molecule has 0 radical (unpaired) electrons. The smallest absolute Gasteiger partial charge is 0.118 e. The summed E-state index contributed by atoms with van der Waals surface area (Å²) in [6, 6.07) is 7.76. The highest BCUT2D eigenvalue weighted by molar-refractivity contribution is 5.48. The summed E-state index contributed by atoms with van der Waals surface area (Å²) in [6.45, 7) is 19.7. The van der Waals surface area contributed by atoms with Crippen molar-refractivity contribution in [3.05, 3.63) is 61.9 Å². The molecule has 2 atom stereocenters. The number of hydrogen-bond donors (Lipinski definition) is 0. The van der Waals surface area contributed by atoms with E-state index in [1.807, 2.05) is 38.1 Å². The Morgan fingerprint density at radius 2 is 1.25 bits per heavy atom. The van der Waals surface area contributed by atoms with Crippen molar-refractivity contribution in [1.82, 2.24) is 0 Å². The first-order valence-electron chi connectivity index (χ1n) is 10.2. The van der Waals surface area contributed by atoms with Crippen molar-refractivity contribution in [2.45, 2.75) is 70.1 Å². The number of benzene rings is 1. The summed E-state index contributed by atoms with van der Waals surface area (Å²) in [4.78, 5) is 0. The molecule has 0 amide bonds. The molecule has 2 aliphatic heterocycles. The highest BCUT2D eigenvalue weighted by atomic mass is 16.6. The van der Waals surface area contributed by atoms with E-state index in [2.05, 4.69) is 36.1 Å². The van der Waals surface area contributed by atoms with Gasteiger partial charge in [-0.15, -0.1) is 6.58 Å². The molecule has 220 valence electrons. The minimum atomic E-state index is 0. The van der Waals surface area contributed by atoms with E-state index in [1.165, 1.54) is 6.26 Å². The van der Waals surface area contributed by atoms with Gasteiger partial charge in [-0.05, 0) is 24.6 Å². The number of rotatable bonds is 7. The minimum absolute atomic E-state index is 0. The molecule has 0 saturated carbocycles. The Morgan fingerprint density at radius 3 is 1.39 bits per heavy atom. The Labute approximate surface area is 227 Å². The fraction of sp³-hybridized carbons (Fsp3) is 0.600. The van der Waals surface area contributed by atoms with Gasteiger partial charge in [-0.2, -0.15) is 0 Å². The lowest BCUT2D eigenvalue weighted by molar-refractivity contribution is 0.171. The van der Waals surface area contributed by atoms with Gasteiger partial charge in [-0.25, -0.2) is 0 Å². The molecule has 2 unspecified atom stereocenters. The van der Waals surface area contributed by atoms with E-state index in [4.69, 9.17) is 18.9 Å². The van der Waals surface area contributed by atoms with Crippen molar-refractivity contribution >= 4 is 6.08 Å². The molecule has 0 N–H and O–H groups in total. The first-order valence-corrected chi connectivity index (χ1v) is 10.2. The quantitative estimate of drug-likeness (QED) is 0.204. The van der Waals surface area contributed by atoms with Crippen LogP contribution in [0.5, 0.6) is 5.75 Å². The van der Waals surface area contributed by atoms with Crippen LogP contribution in [0.4, 0.5) is 0 Å². The molecule has 1 aromatic rings. The molecule has 0 spiro atoms. The standard InChI is InChI=1S/C9H10O.C4H8O2.C4H8O.2C3H6O.C2H6.5CH4/c1-3-8-4-6-9(10-2)7-5-8;1-5-2-4-3-6-4;1-3-4-5-2;1-3-2-4-3;1-3-4-2;1-2;;;;;/h3-7H,1H2,2H3;4H,2-3H2,1H3;3H,1,4H2,2H3;3H,2H2,1H3;3H,1H2,2H3;1-2H3;5*1H4. The second-order valence-corrected chi connectivity index (χ2v) is 5.68. The van der Waals surface area contributed by atoms with Gasteiger partial charge in [0.15, 0.2) is 0 Å². The highest BCUT2D eigenvalue weighted by Crippen LogP contribution is 2.11. The van der Waals surface area contributed by atoms with Crippen molar-refractivity contribution in [1.29, 1.82) is 0 Å². The largest absolute Gasteiger partial charge is 0.505 e. The van der Waals surface area contributed by atoms with Crippen LogP contribution in [0.25, 0.3) is 6.08 Å². The second-order valence-electron chi connectivity index (χ2n) is 5.68. The third-order valence-electron chi connectivity index (χ3n) is 3.06. The Kier molecular flexibility index (Phi) is 70.3. The SMILES string of the molecule is C.C.C.C.C.C=CCOC.C=COC.C=Cc1ccc(OC)cc1.CC.CC1CO1.COCC1CO1. The molecule has 36 heavy (non-hydrogen) atoms. The van der Waals surface area contributed by atoms with E-state index in [-0.39, 0.29) is 37.1 Å². The predicted octanol–water partition coefficient (Wildman–Crippen LogP) is 8.58. The fourth-order valence-electron chi connectivity index (χ4n) is 1.30. The lowest BCUT2D eigenvalue weighted by Crippen LogP contribution is -1.94. The zero-order valence-electron chi connectivity index (χ0n) is 20.6. The van der Waals surface area contributed by atoms with Crippen molar-refractivity contribution < 1.29 is 28.4 Å². The van der Waals surface area contributed by atoms with Crippen LogP contribution in [0.3, 0.4) is 0 Å². The van der Waals surface area contributed by atoms with E-state index < -0.39 is 0 Å². The zero-order valence-corrected chi connectivity index (χ0v) is 20.6. The highest BCUT2D eigenvalue weighted by Gasteiger charge is 2.21. The van der Waals surface area contributed by atoms with Crippen molar-refractivity contribution in [3.8, 4) is 5.75 Å². The monoisotopic (exact) mass is 520 g/mol.